The number of rotatable bonds is 4. The molecule has 1 fully saturated rings. The summed E-state index contributed by atoms with van der Waals surface area (Å²) in [4.78, 5) is 0.0104. The summed E-state index contributed by atoms with van der Waals surface area (Å²) < 4.78 is 40.2. The molecule has 1 aliphatic rings. The van der Waals surface area contributed by atoms with Crippen LogP contribution in [0.1, 0.15) is 12.8 Å². The van der Waals surface area contributed by atoms with Gasteiger partial charge in [0.25, 0.3) is 0 Å². The zero-order valence-corrected chi connectivity index (χ0v) is 13.0. The lowest BCUT2D eigenvalue weighted by Crippen LogP contribution is -2.40. The van der Waals surface area contributed by atoms with Crippen molar-refractivity contribution in [1.29, 1.82) is 0 Å². The van der Waals surface area contributed by atoms with Gasteiger partial charge in [0, 0.05) is 19.1 Å². The number of nitrogens with one attached hydrogen (secondary N) is 1. The van der Waals surface area contributed by atoms with E-state index >= 15 is 0 Å². The predicted molar refractivity (Wildman–Crippen MR) is 74.9 cm³/mol. The van der Waals surface area contributed by atoms with E-state index in [1.165, 1.54) is 16.4 Å². The Morgan fingerprint density at radius 3 is 2.89 bits per heavy atom. The summed E-state index contributed by atoms with van der Waals surface area (Å²) >= 11 is 3.02. The molecule has 0 spiro atoms. The van der Waals surface area contributed by atoms with Crippen LogP contribution in [0.3, 0.4) is 0 Å². The lowest BCUT2D eigenvalue weighted by atomic mass is 10.2. The highest BCUT2D eigenvalue weighted by atomic mass is 79.9. The van der Waals surface area contributed by atoms with Crippen LogP contribution in [0.4, 0.5) is 4.39 Å². The Hall–Kier alpha value is -0.500. The average Bonchev–Trinajstić information content (AvgIpc) is 2.82. The lowest BCUT2D eigenvalue weighted by Gasteiger charge is -2.23. The van der Waals surface area contributed by atoms with Gasteiger partial charge >= 0.3 is 0 Å². The van der Waals surface area contributed by atoms with E-state index in [0.717, 1.165) is 18.9 Å². The molecule has 0 saturated carbocycles. The molecule has 1 unspecified atom stereocenters. The zero-order chi connectivity index (χ0) is 14.0. The quantitative estimate of drug-likeness (QED) is 0.902. The van der Waals surface area contributed by atoms with Crippen LogP contribution < -0.4 is 5.32 Å². The van der Waals surface area contributed by atoms with Gasteiger partial charge in [-0.3, -0.25) is 0 Å². The Bertz CT molecular complexity index is 565. The smallest absolute Gasteiger partial charge is 0.243 e. The molecule has 1 aliphatic heterocycles. The first-order valence-corrected chi connectivity index (χ1v) is 8.31. The van der Waals surface area contributed by atoms with E-state index in [0.29, 0.717) is 13.1 Å². The van der Waals surface area contributed by atoms with E-state index in [-0.39, 0.29) is 15.4 Å². The van der Waals surface area contributed by atoms with Crippen LogP contribution in [0.2, 0.25) is 0 Å². The monoisotopic (exact) mass is 350 g/mol. The Balaban J connectivity index is 2.33. The summed E-state index contributed by atoms with van der Waals surface area (Å²) in [6.07, 6.45) is 1.67. The summed E-state index contributed by atoms with van der Waals surface area (Å²) in [5, 5.41) is 3.00. The van der Waals surface area contributed by atoms with Gasteiger partial charge in [-0.1, -0.05) is 0 Å². The van der Waals surface area contributed by atoms with Crippen LogP contribution >= 0.6 is 15.9 Å². The van der Waals surface area contributed by atoms with Crippen LogP contribution in [-0.4, -0.2) is 38.9 Å². The first-order valence-electron chi connectivity index (χ1n) is 6.08. The molecule has 1 atom stereocenters. The Kier molecular flexibility index (Phi) is 4.60. The molecule has 19 heavy (non-hydrogen) atoms. The highest BCUT2D eigenvalue weighted by Gasteiger charge is 2.35. The number of nitrogens with zero attached hydrogens (tertiary/aromatic N) is 1. The van der Waals surface area contributed by atoms with Crippen LogP contribution in [-0.2, 0) is 10.0 Å². The minimum Gasteiger partial charge on any atom is -0.318 e. The zero-order valence-electron chi connectivity index (χ0n) is 10.6. The van der Waals surface area contributed by atoms with Gasteiger partial charge in [-0.25, -0.2) is 12.8 Å². The second-order valence-corrected chi connectivity index (χ2v) is 7.29. The summed E-state index contributed by atoms with van der Waals surface area (Å²) in [5.41, 5.74) is 0. The van der Waals surface area contributed by atoms with Crippen molar-refractivity contribution in [3.05, 3.63) is 28.5 Å². The molecule has 0 radical (unpaired) electrons. The SMILES string of the molecule is CNCC1CCCN1S(=O)(=O)c1ccc(Br)c(F)c1. The van der Waals surface area contributed by atoms with E-state index in [9.17, 15) is 12.8 Å². The van der Waals surface area contributed by atoms with E-state index < -0.39 is 15.8 Å². The molecule has 1 heterocycles. The van der Waals surface area contributed by atoms with Crippen molar-refractivity contribution in [2.45, 2.75) is 23.8 Å². The van der Waals surface area contributed by atoms with Crippen molar-refractivity contribution in [3.8, 4) is 0 Å². The molecule has 0 aliphatic carbocycles. The fourth-order valence-corrected chi connectivity index (χ4v) is 4.29. The fraction of sp³-hybridized carbons (Fsp3) is 0.500. The van der Waals surface area contributed by atoms with Gasteiger partial charge in [-0.2, -0.15) is 4.31 Å². The number of hydrogen-bond acceptors (Lipinski definition) is 3. The third-order valence-electron chi connectivity index (χ3n) is 3.26. The van der Waals surface area contributed by atoms with E-state index in [2.05, 4.69) is 21.2 Å². The molecule has 1 aromatic rings. The number of hydrogen-bond donors (Lipinski definition) is 1. The van der Waals surface area contributed by atoms with Gasteiger partial charge in [0.05, 0.1) is 9.37 Å². The van der Waals surface area contributed by atoms with Gasteiger partial charge in [0.1, 0.15) is 5.82 Å². The number of likely N-dealkylation sites (N-methyl/N-ethyl adjacent to an activating group) is 1. The molecule has 4 nitrogen and oxygen atoms in total. The molecule has 7 heteroatoms. The first kappa shape index (κ1) is 14.9. The Morgan fingerprint density at radius 2 is 2.26 bits per heavy atom. The van der Waals surface area contributed by atoms with E-state index in [1.807, 2.05) is 0 Å². The van der Waals surface area contributed by atoms with Crippen molar-refractivity contribution in [3.63, 3.8) is 0 Å². The molecule has 1 saturated heterocycles. The molecule has 2 rings (SSSR count). The molecule has 106 valence electrons. The fourth-order valence-electron chi connectivity index (χ4n) is 2.34. The maximum Gasteiger partial charge on any atom is 0.243 e. The largest absolute Gasteiger partial charge is 0.318 e. The number of benzene rings is 1. The van der Waals surface area contributed by atoms with Gasteiger partial charge in [0.15, 0.2) is 0 Å². The normalized spacial score (nSPS) is 20.9. The maximum absolute atomic E-state index is 13.5. The van der Waals surface area contributed by atoms with Gasteiger partial charge in [-0.05, 0) is 54.0 Å². The second-order valence-electron chi connectivity index (χ2n) is 4.55. The third kappa shape index (κ3) is 2.99. The van der Waals surface area contributed by atoms with Crippen molar-refractivity contribution in [2.75, 3.05) is 20.1 Å². The van der Waals surface area contributed by atoms with Crippen molar-refractivity contribution >= 4 is 26.0 Å². The average molecular weight is 351 g/mol. The van der Waals surface area contributed by atoms with Crippen molar-refractivity contribution in [1.82, 2.24) is 9.62 Å². The predicted octanol–water partition coefficient (Wildman–Crippen LogP) is 1.96. The number of halogens is 2. The molecule has 1 N–H and O–H groups in total. The molecular formula is C12H16BrFN2O2S. The molecule has 0 amide bonds. The van der Waals surface area contributed by atoms with Gasteiger partial charge < -0.3 is 5.32 Å². The Morgan fingerprint density at radius 1 is 1.53 bits per heavy atom. The highest BCUT2D eigenvalue weighted by Crippen LogP contribution is 2.27. The minimum absolute atomic E-state index is 0.0104. The van der Waals surface area contributed by atoms with Crippen LogP contribution in [0.5, 0.6) is 0 Å². The Labute approximate surface area is 121 Å². The van der Waals surface area contributed by atoms with Crippen LogP contribution in [0.25, 0.3) is 0 Å². The molecule has 0 bridgehead atoms. The van der Waals surface area contributed by atoms with E-state index in [1.54, 1.807) is 7.05 Å². The van der Waals surface area contributed by atoms with E-state index in [4.69, 9.17) is 0 Å². The summed E-state index contributed by atoms with van der Waals surface area (Å²) in [5.74, 6) is -0.564. The van der Waals surface area contributed by atoms with Crippen molar-refractivity contribution < 1.29 is 12.8 Å². The minimum atomic E-state index is -3.62. The maximum atomic E-state index is 13.5. The second kappa shape index (κ2) is 5.87. The van der Waals surface area contributed by atoms with Gasteiger partial charge in [-0.15, -0.1) is 0 Å². The summed E-state index contributed by atoms with van der Waals surface area (Å²) in [7, 11) is -1.82. The molecular weight excluding hydrogens is 335 g/mol. The standard InChI is InChI=1S/C12H16BrFN2O2S/c1-15-8-9-3-2-6-16(9)19(17,18)10-4-5-11(13)12(14)7-10/h4-5,7,9,15H,2-3,6,8H2,1H3. The summed E-state index contributed by atoms with van der Waals surface area (Å²) in [6, 6.07) is 3.86. The van der Waals surface area contributed by atoms with Crippen LogP contribution in [0, 0.1) is 5.82 Å². The van der Waals surface area contributed by atoms with Crippen LogP contribution in [0.15, 0.2) is 27.6 Å². The third-order valence-corrected chi connectivity index (χ3v) is 5.85. The van der Waals surface area contributed by atoms with Crippen molar-refractivity contribution in [2.24, 2.45) is 0 Å². The molecule has 0 aromatic heterocycles. The number of sulfonamides is 1. The topological polar surface area (TPSA) is 49.4 Å². The lowest BCUT2D eigenvalue weighted by molar-refractivity contribution is 0.379. The summed E-state index contributed by atoms with van der Waals surface area (Å²) in [6.45, 7) is 1.10. The molecule has 1 aromatic carbocycles. The van der Waals surface area contributed by atoms with Gasteiger partial charge in [0.2, 0.25) is 10.0 Å². The first-order chi connectivity index (χ1) is 8.96. The highest BCUT2D eigenvalue weighted by molar-refractivity contribution is 9.10.